The molecule has 7 rings (SSSR count). The fourth-order valence-electron chi connectivity index (χ4n) is 10.9. The van der Waals surface area contributed by atoms with Crippen molar-refractivity contribution in [3.63, 3.8) is 0 Å². The van der Waals surface area contributed by atoms with Gasteiger partial charge in [0.05, 0.1) is 29.5 Å². The number of esters is 1. The van der Waals surface area contributed by atoms with Crippen LogP contribution in [0, 0.1) is 28.6 Å². The van der Waals surface area contributed by atoms with E-state index in [0.29, 0.717) is 58.1 Å². The molecule has 1 aromatic rings. The van der Waals surface area contributed by atoms with Crippen LogP contribution in [-0.4, -0.2) is 92.8 Å². The predicted octanol–water partition coefficient (Wildman–Crippen LogP) is 3.60. The normalized spacial score (nSPS) is 46.4. The Morgan fingerprint density at radius 3 is 2.51 bits per heavy atom. The summed E-state index contributed by atoms with van der Waals surface area (Å²) in [6, 6.07) is 7.15. The average molecular weight is 654 g/mol. The quantitative estimate of drug-likeness (QED) is 0.168. The van der Waals surface area contributed by atoms with Crippen LogP contribution >= 0.6 is 0 Å². The minimum absolute atomic E-state index is 0.0228. The van der Waals surface area contributed by atoms with E-state index in [2.05, 4.69) is 6.92 Å². The number of benzene rings is 1. The number of aromatic hydroxyl groups is 1. The molecule has 4 saturated carbocycles. The Labute approximate surface area is 276 Å². The SMILES string of the molecule is C[C@H]1O[C@@H](O[C@H]2CC[C@]3(C=NCCc4ccc(O)cc4)[C@@H]4CC[C@]5(C)[C@H](C6=CC(=O)OC6)CC[C@]5(O)[C@H]4CC[C@@]3(O)C2)C[C@@H](O)[C@H]1O. The Morgan fingerprint density at radius 1 is 1.02 bits per heavy atom. The molecule has 5 N–H and O–H groups in total. The molecular formula is C37H51NO9. The molecule has 47 heavy (non-hydrogen) atoms. The number of phenols is 1. The second-order valence-electron chi connectivity index (χ2n) is 15.6. The van der Waals surface area contributed by atoms with E-state index in [1.54, 1.807) is 25.1 Å². The van der Waals surface area contributed by atoms with Crippen LogP contribution in [-0.2, 0) is 25.4 Å². The Morgan fingerprint density at radius 2 is 1.79 bits per heavy atom. The van der Waals surface area contributed by atoms with Gasteiger partial charge in [0.2, 0.25) is 0 Å². The molecule has 10 heteroatoms. The number of ether oxygens (including phenoxy) is 3. The molecule has 1 saturated heterocycles. The predicted molar refractivity (Wildman–Crippen MR) is 173 cm³/mol. The number of fused-ring (bicyclic) bond motifs is 5. The van der Waals surface area contributed by atoms with Gasteiger partial charge in [-0.25, -0.2) is 4.79 Å². The zero-order valence-electron chi connectivity index (χ0n) is 27.6. The lowest BCUT2D eigenvalue weighted by Crippen LogP contribution is -2.69. The van der Waals surface area contributed by atoms with Crippen LogP contribution in [0.5, 0.6) is 5.75 Å². The second kappa shape index (κ2) is 12.2. The van der Waals surface area contributed by atoms with Gasteiger partial charge in [-0.15, -0.1) is 0 Å². The van der Waals surface area contributed by atoms with E-state index in [9.17, 15) is 30.3 Å². The van der Waals surface area contributed by atoms with Crippen molar-refractivity contribution in [1.82, 2.24) is 0 Å². The maximum absolute atomic E-state index is 12.7. The summed E-state index contributed by atoms with van der Waals surface area (Å²) in [7, 11) is 0. The first-order chi connectivity index (χ1) is 22.4. The summed E-state index contributed by atoms with van der Waals surface area (Å²) in [5.74, 6) is 0.0225. The van der Waals surface area contributed by atoms with E-state index < -0.39 is 41.2 Å². The van der Waals surface area contributed by atoms with Gasteiger partial charge in [0, 0.05) is 42.5 Å². The van der Waals surface area contributed by atoms with Gasteiger partial charge in [-0.1, -0.05) is 19.1 Å². The van der Waals surface area contributed by atoms with Crippen molar-refractivity contribution in [2.75, 3.05) is 13.2 Å². The number of carbonyl (C=O) groups is 1. The lowest BCUT2D eigenvalue weighted by molar-refractivity contribution is -0.282. The van der Waals surface area contributed by atoms with Crippen molar-refractivity contribution in [1.29, 1.82) is 0 Å². The molecule has 1 aromatic carbocycles. The Balaban J connectivity index is 1.15. The van der Waals surface area contributed by atoms with Crippen molar-refractivity contribution in [2.24, 2.45) is 33.6 Å². The molecule has 10 nitrogen and oxygen atoms in total. The maximum atomic E-state index is 12.7. The van der Waals surface area contributed by atoms with E-state index in [1.807, 2.05) is 18.3 Å². The van der Waals surface area contributed by atoms with Crippen molar-refractivity contribution in [3.8, 4) is 5.75 Å². The molecule has 12 atom stereocenters. The number of hydrogen-bond donors (Lipinski definition) is 5. The maximum Gasteiger partial charge on any atom is 0.331 e. The number of cyclic esters (lactones) is 1. The smallest absolute Gasteiger partial charge is 0.331 e. The number of rotatable bonds is 7. The summed E-state index contributed by atoms with van der Waals surface area (Å²) in [5, 5.41) is 55.7. The van der Waals surface area contributed by atoms with Crippen LogP contribution in [0.2, 0.25) is 0 Å². The number of phenolic OH excluding ortho intramolecular Hbond substituents is 1. The number of carbonyl (C=O) groups excluding carboxylic acids is 1. The minimum atomic E-state index is -1.10. The van der Waals surface area contributed by atoms with Crippen LogP contribution in [0.4, 0.5) is 0 Å². The van der Waals surface area contributed by atoms with Crippen LogP contribution in [0.1, 0.15) is 83.6 Å². The highest BCUT2D eigenvalue weighted by atomic mass is 16.7. The van der Waals surface area contributed by atoms with Gasteiger partial charge < -0.3 is 39.7 Å². The molecule has 0 aromatic heterocycles. The largest absolute Gasteiger partial charge is 0.508 e. The summed E-state index contributed by atoms with van der Waals surface area (Å²) in [6.45, 7) is 4.77. The van der Waals surface area contributed by atoms with Crippen molar-refractivity contribution < 1.29 is 44.5 Å². The number of aliphatic hydroxyl groups excluding tert-OH is 2. The van der Waals surface area contributed by atoms with Crippen LogP contribution in [0.3, 0.4) is 0 Å². The summed E-state index contributed by atoms with van der Waals surface area (Å²) in [4.78, 5) is 17.0. The topological polar surface area (TPSA) is 158 Å². The van der Waals surface area contributed by atoms with E-state index in [-0.39, 0.29) is 47.4 Å². The highest BCUT2D eigenvalue weighted by Gasteiger charge is 2.71. The summed E-state index contributed by atoms with van der Waals surface area (Å²) in [5.41, 5.74) is -1.00. The first-order valence-electron chi connectivity index (χ1n) is 17.7. The third-order valence-corrected chi connectivity index (χ3v) is 13.4. The second-order valence-corrected chi connectivity index (χ2v) is 15.6. The van der Waals surface area contributed by atoms with E-state index >= 15 is 0 Å². The number of hydrogen-bond acceptors (Lipinski definition) is 10. The lowest BCUT2D eigenvalue weighted by atomic mass is 9.41. The van der Waals surface area contributed by atoms with E-state index in [4.69, 9.17) is 19.2 Å². The highest BCUT2D eigenvalue weighted by molar-refractivity contribution is 5.85. The number of aliphatic imine (C=N–C) groups is 1. The number of nitrogens with zero attached hydrogens (tertiary/aromatic N) is 1. The summed E-state index contributed by atoms with van der Waals surface area (Å²) < 4.78 is 17.6. The van der Waals surface area contributed by atoms with Crippen LogP contribution < -0.4 is 0 Å². The minimum Gasteiger partial charge on any atom is -0.508 e. The fraction of sp³-hybridized carbons (Fsp3) is 0.730. The van der Waals surface area contributed by atoms with Gasteiger partial charge in [0.15, 0.2) is 6.29 Å². The molecule has 0 radical (unpaired) electrons. The van der Waals surface area contributed by atoms with Gasteiger partial charge in [0.25, 0.3) is 0 Å². The molecule has 6 aliphatic rings. The Bertz CT molecular complexity index is 1390. The van der Waals surface area contributed by atoms with Crippen LogP contribution in [0.15, 0.2) is 40.9 Å². The molecular weight excluding hydrogens is 602 g/mol. The van der Waals surface area contributed by atoms with Crippen molar-refractivity contribution in [2.45, 2.75) is 126 Å². The molecule has 2 heterocycles. The third-order valence-electron chi connectivity index (χ3n) is 13.4. The summed E-state index contributed by atoms with van der Waals surface area (Å²) in [6.07, 6.45) is 7.18. The monoisotopic (exact) mass is 653 g/mol. The molecule has 4 aliphatic carbocycles. The summed E-state index contributed by atoms with van der Waals surface area (Å²) >= 11 is 0. The average Bonchev–Trinajstić information content (AvgIpc) is 3.58. The van der Waals surface area contributed by atoms with Crippen molar-refractivity contribution >= 4 is 12.2 Å². The lowest BCUT2D eigenvalue weighted by Gasteiger charge is -2.66. The molecule has 2 aliphatic heterocycles. The fourth-order valence-corrected chi connectivity index (χ4v) is 10.9. The van der Waals surface area contributed by atoms with Crippen molar-refractivity contribution in [3.05, 3.63) is 41.5 Å². The molecule has 0 unspecified atom stereocenters. The molecule has 5 fully saturated rings. The third kappa shape index (κ3) is 5.47. The number of aliphatic hydroxyl groups is 4. The van der Waals surface area contributed by atoms with E-state index in [0.717, 1.165) is 30.4 Å². The first-order valence-corrected chi connectivity index (χ1v) is 17.7. The first kappa shape index (κ1) is 33.2. The Kier molecular flexibility index (Phi) is 8.62. The van der Waals surface area contributed by atoms with Gasteiger partial charge in [-0.2, -0.15) is 0 Å². The van der Waals surface area contributed by atoms with Gasteiger partial charge in [-0.3, -0.25) is 4.99 Å². The van der Waals surface area contributed by atoms with E-state index in [1.165, 1.54) is 0 Å². The Hall–Kier alpha value is -2.34. The standard InChI is InChI=1S/C37H51NO9/c1-22-33(42)30(40)18-32(46-22)47-26-7-13-35(21-38-16-11-23-3-5-25(39)6-4-23)28-8-12-34(2)27(24-17-31(41)45-20-24)10-15-37(34,44)29(28)9-14-36(35,43)19-26/h3-6,17,21-22,26-30,32-33,39-40,42-44H,7-16,18-20H2,1-2H3/t22-,26+,27+,28-,29+,30-,32+,33+,34-,35+,36-,37+/m1/s1. The molecule has 0 bridgehead atoms. The van der Waals surface area contributed by atoms with Gasteiger partial charge in [0.1, 0.15) is 18.5 Å². The molecule has 258 valence electrons. The zero-order valence-corrected chi connectivity index (χ0v) is 27.6. The van der Waals surface area contributed by atoms with Gasteiger partial charge >= 0.3 is 5.97 Å². The van der Waals surface area contributed by atoms with Crippen LogP contribution in [0.25, 0.3) is 0 Å². The molecule has 0 amide bonds. The highest BCUT2D eigenvalue weighted by Crippen LogP contribution is 2.70. The van der Waals surface area contributed by atoms with Gasteiger partial charge in [-0.05, 0) is 106 Å². The molecule has 0 spiro atoms. The zero-order chi connectivity index (χ0) is 33.2.